The van der Waals surface area contributed by atoms with Gasteiger partial charge in [0, 0.05) is 22.1 Å². The summed E-state index contributed by atoms with van der Waals surface area (Å²) in [5.74, 6) is -0.457. The van der Waals surface area contributed by atoms with E-state index in [0.717, 1.165) is 4.31 Å². The maximum Gasteiger partial charge on any atom is 0.264 e. The number of carbonyl (C=O) groups excluding carboxylic acids is 2. The molecule has 0 saturated heterocycles. The Morgan fingerprint density at radius 2 is 1.61 bits per heavy atom. The summed E-state index contributed by atoms with van der Waals surface area (Å²) in [5.41, 5.74) is 0.303. The molecule has 3 aromatic carbocycles. The Hall–Kier alpha value is -3.27. The Labute approximate surface area is 252 Å². The highest BCUT2D eigenvalue weighted by atomic mass is 35.5. The lowest BCUT2D eigenvalue weighted by Gasteiger charge is -2.33. The summed E-state index contributed by atoms with van der Waals surface area (Å²) < 4.78 is 34.3. The van der Waals surface area contributed by atoms with Crippen LogP contribution < -0.4 is 14.4 Å². The van der Waals surface area contributed by atoms with Crippen LogP contribution in [0.15, 0.2) is 77.7 Å². The van der Waals surface area contributed by atoms with Crippen LogP contribution in [0.25, 0.3) is 0 Å². The molecule has 0 unspecified atom stereocenters. The lowest BCUT2D eigenvalue weighted by molar-refractivity contribution is -0.140. The highest BCUT2D eigenvalue weighted by molar-refractivity contribution is 7.92. The van der Waals surface area contributed by atoms with Gasteiger partial charge in [0.1, 0.15) is 18.3 Å². The third-order valence-electron chi connectivity index (χ3n) is 6.07. The number of para-hydroxylation sites is 1. The molecule has 0 saturated carbocycles. The molecule has 0 fully saturated rings. The molecule has 0 aromatic heterocycles. The molecule has 0 bridgehead atoms. The van der Waals surface area contributed by atoms with Crippen molar-refractivity contribution in [2.24, 2.45) is 0 Å². The summed E-state index contributed by atoms with van der Waals surface area (Å²) in [6.45, 7) is 8.76. The molecule has 3 rings (SSSR count). The summed E-state index contributed by atoms with van der Waals surface area (Å²) >= 11 is 12.5. The highest BCUT2D eigenvalue weighted by Crippen LogP contribution is 2.27. The van der Waals surface area contributed by atoms with Crippen LogP contribution in [0.4, 0.5) is 5.69 Å². The minimum atomic E-state index is -4.19. The van der Waals surface area contributed by atoms with Crippen molar-refractivity contribution in [2.75, 3.05) is 17.5 Å². The third-order valence-corrected chi connectivity index (χ3v) is 8.44. The van der Waals surface area contributed by atoms with Crippen LogP contribution >= 0.6 is 23.2 Å². The monoisotopic (exact) mass is 619 g/mol. The average molecular weight is 621 g/mol. The summed E-state index contributed by atoms with van der Waals surface area (Å²) in [4.78, 5) is 28.5. The van der Waals surface area contributed by atoms with Crippen molar-refractivity contribution in [3.05, 3.63) is 88.4 Å². The standard InChI is InChI=1S/C30H35Cl2N3O5S/c1-6-40-25-14-16-26(17-15-25)41(38,39)35(24-10-8-7-9-11-24)20-28(36)34(21(2)29(37)33-30(3,4)5)19-22-12-13-23(31)18-27(22)32/h7-18,21H,6,19-20H2,1-5H3,(H,33,37)/t21-/m1/s1. The smallest absolute Gasteiger partial charge is 0.264 e. The lowest BCUT2D eigenvalue weighted by Crippen LogP contribution is -2.54. The first kappa shape index (κ1) is 32.2. The van der Waals surface area contributed by atoms with Gasteiger partial charge < -0.3 is 15.0 Å². The zero-order valence-corrected chi connectivity index (χ0v) is 26.1. The van der Waals surface area contributed by atoms with Crippen molar-refractivity contribution >= 4 is 50.7 Å². The Balaban J connectivity index is 2.02. The van der Waals surface area contributed by atoms with Gasteiger partial charge in [0.15, 0.2) is 0 Å². The van der Waals surface area contributed by atoms with Gasteiger partial charge in [-0.1, -0.05) is 47.5 Å². The van der Waals surface area contributed by atoms with Crippen molar-refractivity contribution in [3.63, 3.8) is 0 Å². The van der Waals surface area contributed by atoms with E-state index >= 15 is 0 Å². The molecular weight excluding hydrogens is 585 g/mol. The molecule has 1 atom stereocenters. The number of nitrogens with one attached hydrogen (secondary N) is 1. The number of hydrogen-bond donors (Lipinski definition) is 1. The van der Waals surface area contributed by atoms with E-state index in [9.17, 15) is 18.0 Å². The predicted molar refractivity (Wildman–Crippen MR) is 163 cm³/mol. The van der Waals surface area contributed by atoms with Crippen molar-refractivity contribution < 1.29 is 22.7 Å². The highest BCUT2D eigenvalue weighted by Gasteiger charge is 2.33. The first-order valence-corrected chi connectivity index (χ1v) is 15.3. The molecule has 0 spiro atoms. The van der Waals surface area contributed by atoms with Crippen LogP contribution in [0.1, 0.15) is 40.2 Å². The van der Waals surface area contributed by atoms with Gasteiger partial charge in [-0.15, -0.1) is 0 Å². The van der Waals surface area contributed by atoms with Crippen LogP contribution in [-0.4, -0.2) is 49.9 Å². The number of sulfonamides is 1. The Morgan fingerprint density at radius 1 is 0.976 bits per heavy atom. The zero-order chi connectivity index (χ0) is 30.4. The molecule has 220 valence electrons. The number of carbonyl (C=O) groups is 2. The number of nitrogens with zero attached hydrogens (tertiary/aromatic N) is 2. The summed E-state index contributed by atoms with van der Waals surface area (Å²) in [6, 6.07) is 18.2. The molecule has 3 aromatic rings. The fourth-order valence-corrected chi connectivity index (χ4v) is 5.90. The number of benzene rings is 3. The third kappa shape index (κ3) is 8.61. The molecular formula is C30H35Cl2N3O5S. The molecule has 8 nitrogen and oxygen atoms in total. The van der Waals surface area contributed by atoms with E-state index < -0.39 is 40.0 Å². The van der Waals surface area contributed by atoms with Crippen LogP contribution in [0.2, 0.25) is 10.0 Å². The lowest BCUT2D eigenvalue weighted by atomic mass is 10.1. The number of halogens is 2. The summed E-state index contributed by atoms with van der Waals surface area (Å²) in [6.07, 6.45) is 0. The van der Waals surface area contributed by atoms with E-state index in [1.54, 1.807) is 67.6 Å². The van der Waals surface area contributed by atoms with E-state index in [1.165, 1.54) is 17.0 Å². The zero-order valence-electron chi connectivity index (χ0n) is 23.7. The van der Waals surface area contributed by atoms with Crippen molar-refractivity contribution in [1.29, 1.82) is 0 Å². The second-order valence-corrected chi connectivity index (χ2v) is 13.1. The molecule has 0 aliphatic rings. The van der Waals surface area contributed by atoms with Crippen LogP contribution in [-0.2, 0) is 26.2 Å². The minimum absolute atomic E-state index is 0.0107. The average Bonchev–Trinajstić information content (AvgIpc) is 2.91. The topological polar surface area (TPSA) is 96.0 Å². The van der Waals surface area contributed by atoms with Gasteiger partial charge in [-0.2, -0.15) is 0 Å². The Morgan fingerprint density at radius 3 is 2.17 bits per heavy atom. The molecule has 0 aliphatic heterocycles. The molecule has 41 heavy (non-hydrogen) atoms. The number of amides is 2. The largest absolute Gasteiger partial charge is 0.494 e. The second kappa shape index (κ2) is 13.6. The van der Waals surface area contributed by atoms with Crippen molar-refractivity contribution in [3.8, 4) is 5.75 Å². The van der Waals surface area contributed by atoms with Gasteiger partial charge in [-0.25, -0.2) is 8.42 Å². The molecule has 11 heteroatoms. The predicted octanol–water partition coefficient (Wildman–Crippen LogP) is 5.92. The molecule has 2 amide bonds. The quantitative estimate of drug-likeness (QED) is 0.287. The Kier molecular flexibility index (Phi) is 10.7. The van der Waals surface area contributed by atoms with Gasteiger partial charge in [-0.3, -0.25) is 13.9 Å². The van der Waals surface area contributed by atoms with Crippen LogP contribution in [0.5, 0.6) is 5.75 Å². The minimum Gasteiger partial charge on any atom is -0.494 e. The van der Waals surface area contributed by atoms with Gasteiger partial charge in [-0.05, 0) is 88.7 Å². The fraction of sp³-hybridized carbons (Fsp3) is 0.333. The Bertz CT molecular complexity index is 1460. The normalized spacial score (nSPS) is 12.4. The van der Waals surface area contributed by atoms with Gasteiger partial charge in [0.05, 0.1) is 17.2 Å². The molecule has 0 heterocycles. The van der Waals surface area contributed by atoms with E-state index in [0.29, 0.717) is 33.7 Å². The maximum absolute atomic E-state index is 14.0. The number of anilines is 1. The van der Waals surface area contributed by atoms with E-state index in [1.807, 2.05) is 27.7 Å². The molecule has 0 radical (unpaired) electrons. The van der Waals surface area contributed by atoms with Crippen molar-refractivity contribution in [1.82, 2.24) is 10.2 Å². The number of ether oxygens (including phenoxy) is 1. The van der Waals surface area contributed by atoms with Crippen LogP contribution in [0.3, 0.4) is 0 Å². The van der Waals surface area contributed by atoms with E-state index in [2.05, 4.69) is 5.32 Å². The summed E-state index contributed by atoms with van der Waals surface area (Å²) in [5, 5.41) is 3.63. The van der Waals surface area contributed by atoms with Gasteiger partial charge >= 0.3 is 0 Å². The van der Waals surface area contributed by atoms with E-state index in [-0.39, 0.29) is 11.4 Å². The first-order valence-electron chi connectivity index (χ1n) is 13.1. The van der Waals surface area contributed by atoms with Gasteiger partial charge in [0.25, 0.3) is 10.0 Å². The SMILES string of the molecule is CCOc1ccc(S(=O)(=O)N(CC(=O)N(Cc2ccc(Cl)cc2Cl)[C@H](C)C(=O)NC(C)(C)C)c2ccccc2)cc1. The fourth-order valence-electron chi connectivity index (χ4n) is 4.01. The second-order valence-electron chi connectivity index (χ2n) is 10.4. The van der Waals surface area contributed by atoms with E-state index in [4.69, 9.17) is 27.9 Å². The van der Waals surface area contributed by atoms with Crippen LogP contribution in [0, 0.1) is 0 Å². The number of rotatable bonds is 11. The van der Waals surface area contributed by atoms with Gasteiger partial charge in [0.2, 0.25) is 11.8 Å². The summed E-state index contributed by atoms with van der Waals surface area (Å²) in [7, 11) is -4.19. The number of hydrogen-bond acceptors (Lipinski definition) is 5. The first-order chi connectivity index (χ1) is 19.2. The van der Waals surface area contributed by atoms with Crippen molar-refractivity contribution in [2.45, 2.75) is 57.6 Å². The molecule has 1 N–H and O–H groups in total. The molecule has 0 aliphatic carbocycles. The maximum atomic E-state index is 14.0.